The van der Waals surface area contributed by atoms with Crippen molar-refractivity contribution >= 4 is 58.3 Å². The molecule has 0 saturated heterocycles. The van der Waals surface area contributed by atoms with Crippen LogP contribution in [0.1, 0.15) is 31.8 Å². The number of hydrogen-bond acceptors (Lipinski definition) is 6. The van der Waals surface area contributed by atoms with Crippen LogP contribution in [0.15, 0.2) is 48.5 Å². The van der Waals surface area contributed by atoms with Gasteiger partial charge in [0, 0.05) is 12.8 Å². The first kappa shape index (κ1) is 24.5. The van der Waals surface area contributed by atoms with Gasteiger partial charge in [-0.15, -0.1) is 0 Å². The van der Waals surface area contributed by atoms with Crippen LogP contribution in [0.25, 0.3) is 0 Å². The van der Waals surface area contributed by atoms with Crippen LogP contribution in [0.5, 0.6) is 11.5 Å². The Hall–Kier alpha value is -2.64. The van der Waals surface area contributed by atoms with E-state index in [4.69, 9.17) is 55.9 Å². The van der Waals surface area contributed by atoms with E-state index >= 15 is 0 Å². The van der Waals surface area contributed by atoms with Gasteiger partial charge in [-0.1, -0.05) is 70.7 Å². The van der Waals surface area contributed by atoms with Gasteiger partial charge in [0.15, 0.2) is 11.5 Å². The van der Waals surface area contributed by atoms with Gasteiger partial charge in [0.05, 0.1) is 31.2 Å². The highest BCUT2D eigenvalue weighted by Crippen LogP contribution is 2.35. The summed E-state index contributed by atoms with van der Waals surface area (Å²) < 4.78 is 11.4. The molecule has 3 aromatic rings. The molecule has 0 spiro atoms. The third-order valence-corrected chi connectivity index (χ3v) is 6.55. The van der Waals surface area contributed by atoms with Crippen molar-refractivity contribution in [3.8, 4) is 11.5 Å². The van der Waals surface area contributed by atoms with Gasteiger partial charge in [-0.3, -0.25) is 0 Å². The summed E-state index contributed by atoms with van der Waals surface area (Å²) in [6, 6.07) is 12.5. The maximum atomic E-state index is 12.8. The minimum absolute atomic E-state index is 0.0360. The number of carbonyl (C=O) groups is 2. The average molecular weight is 542 g/mol. The fourth-order valence-electron chi connectivity index (χ4n) is 3.67. The number of aromatic hydroxyl groups is 2. The molecular weight excluding hydrogens is 526 g/mol. The maximum Gasteiger partial charge on any atom is 0.338 e. The maximum absolute atomic E-state index is 12.8. The lowest BCUT2D eigenvalue weighted by Crippen LogP contribution is -2.41. The molecule has 2 N–H and O–H groups in total. The van der Waals surface area contributed by atoms with Crippen LogP contribution in [0.2, 0.25) is 20.1 Å². The highest BCUT2D eigenvalue weighted by atomic mass is 35.5. The van der Waals surface area contributed by atoms with E-state index in [0.29, 0.717) is 12.8 Å². The quantitative estimate of drug-likeness (QED) is 0.378. The number of ether oxygens (including phenoxy) is 2. The van der Waals surface area contributed by atoms with Gasteiger partial charge in [-0.05, 0) is 35.4 Å². The molecule has 34 heavy (non-hydrogen) atoms. The number of halogens is 4. The number of esters is 2. The molecule has 0 fully saturated rings. The highest BCUT2D eigenvalue weighted by molar-refractivity contribution is 6.38. The van der Waals surface area contributed by atoms with E-state index in [2.05, 4.69) is 0 Å². The van der Waals surface area contributed by atoms with Crippen LogP contribution in [0, 0.1) is 0 Å². The molecule has 2 atom stereocenters. The Bertz CT molecular complexity index is 1150. The van der Waals surface area contributed by atoms with Crippen LogP contribution in [-0.4, -0.2) is 34.4 Å². The smallest absolute Gasteiger partial charge is 0.338 e. The summed E-state index contributed by atoms with van der Waals surface area (Å²) in [5, 5.41) is 19.1. The lowest BCUT2D eigenvalue weighted by atomic mass is 9.87. The van der Waals surface area contributed by atoms with E-state index in [0.717, 1.165) is 11.1 Å². The van der Waals surface area contributed by atoms with Crippen molar-refractivity contribution in [1.82, 2.24) is 0 Å². The Labute approximate surface area is 214 Å². The molecule has 0 amide bonds. The molecule has 0 saturated carbocycles. The van der Waals surface area contributed by atoms with Gasteiger partial charge in [-0.25, -0.2) is 9.59 Å². The monoisotopic (exact) mass is 540 g/mol. The third kappa shape index (κ3) is 5.05. The molecule has 0 heterocycles. The van der Waals surface area contributed by atoms with E-state index in [1.54, 1.807) is 0 Å². The van der Waals surface area contributed by atoms with Gasteiger partial charge < -0.3 is 19.7 Å². The van der Waals surface area contributed by atoms with Gasteiger partial charge in [0.25, 0.3) is 0 Å². The van der Waals surface area contributed by atoms with Crippen LogP contribution >= 0.6 is 46.4 Å². The fourth-order valence-corrected chi connectivity index (χ4v) is 4.64. The second-order valence-corrected chi connectivity index (χ2v) is 9.27. The summed E-state index contributed by atoms with van der Waals surface area (Å²) in [7, 11) is 0. The minimum atomic E-state index is -0.819. The first-order chi connectivity index (χ1) is 16.1. The van der Waals surface area contributed by atoms with Crippen molar-refractivity contribution in [2.45, 2.75) is 25.0 Å². The fraction of sp³-hybridized carbons (Fsp3) is 0.167. The Morgan fingerprint density at radius 2 is 1.00 bits per heavy atom. The molecule has 10 heteroatoms. The number of phenols is 2. The van der Waals surface area contributed by atoms with Gasteiger partial charge >= 0.3 is 11.9 Å². The molecule has 176 valence electrons. The lowest BCUT2D eigenvalue weighted by Gasteiger charge is -2.32. The largest absolute Gasteiger partial charge is 0.505 e. The predicted octanol–water partition coefficient (Wildman–Crippen LogP) is 6.26. The van der Waals surface area contributed by atoms with Gasteiger partial charge in [0.2, 0.25) is 0 Å². The summed E-state index contributed by atoms with van der Waals surface area (Å²) in [4.78, 5) is 25.7. The number of carbonyl (C=O) groups excluding carboxylic acids is 2. The van der Waals surface area contributed by atoms with E-state index < -0.39 is 24.1 Å². The molecule has 0 bridgehead atoms. The molecule has 4 rings (SSSR count). The van der Waals surface area contributed by atoms with Crippen molar-refractivity contribution < 1.29 is 29.3 Å². The van der Waals surface area contributed by atoms with Crippen LogP contribution < -0.4 is 0 Å². The van der Waals surface area contributed by atoms with E-state index in [1.807, 2.05) is 24.3 Å². The zero-order chi connectivity index (χ0) is 24.6. The number of rotatable bonds is 4. The molecule has 0 aliphatic heterocycles. The molecule has 0 radical (unpaired) electrons. The molecule has 1 aliphatic carbocycles. The first-order valence-corrected chi connectivity index (χ1v) is 11.5. The lowest BCUT2D eigenvalue weighted by molar-refractivity contribution is -0.0389. The second kappa shape index (κ2) is 9.92. The normalized spacial score (nSPS) is 17.1. The minimum Gasteiger partial charge on any atom is -0.505 e. The summed E-state index contributed by atoms with van der Waals surface area (Å²) in [5.41, 5.74) is 1.97. The SMILES string of the molecule is O=C(OC1Cc2ccccc2CC1OC(=O)c1cc(Cl)c(O)c(Cl)c1)c1cc(Cl)c(O)c(Cl)c1. The number of phenolic OH excluding ortho intramolecular Hbond substituents is 2. The van der Waals surface area contributed by atoms with Crippen molar-refractivity contribution in [2.75, 3.05) is 0 Å². The Balaban J connectivity index is 1.60. The van der Waals surface area contributed by atoms with Gasteiger partial charge in [-0.2, -0.15) is 0 Å². The van der Waals surface area contributed by atoms with E-state index in [-0.39, 0.29) is 42.7 Å². The predicted molar refractivity (Wildman–Crippen MR) is 129 cm³/mol. The van der Waals surface area contributed by atoms with Crippen molar-refractivity contribution in [3.63, 3.8) is 0 Å². The van der Waals surface area contributed by atoms with Crippen LogP contribution in [0.3, 0.4) is 0 Å². The summed E-state index contributed by atoms with van der Waals surface area (Å²) in [6.45, 7) is 0. The number of hydrogen-bond donors (Lipinski definition) is 2. The second-order valence-electron chi connectivity index (χ2n) is 7.64. The first-order valence-electron chi connectivity index (χ1n) is 9.98. The van der Waals surface area contributed by atoms with E-state index in [9.17, 15) is 19.8 Å². The van der Waals surface area contributed by atoms with Crippen molar-refractivity contribution in [1.29, 1.82) is 0 Å². The highest BCUT2D eigenvalue weighted by Gasteiger charge is 2.35. The Morgan fingerprint density at radius 1 is 0.676 bits per heavy atom. The number of benzene rings is 3. The molecule has 1 aliphatic rings. The Kier molecular flexibility index (Phi) is 7.14. The molecule has 6 nitrogen and oxygen atoms in total. The Morgan fingerprint density at radius 3 is 1.32 bits per heavy atom. The van der Waals surface area contributed by atoms with Crippen LogP contribution in [0.4, 0.5) is 0 Å². The zero-order valence-corrected chi connectivity index (χ0v) is 20.3. The molecule has 3 aromatic carbocycles. The summed E-state index contributed by atoms with van der Waals surface area (Å²) in [6.07, 6.45) is -1.03. The third-order valence-electron chi connectivity index (χ3n) is 5.40. The molecule has 2 unspecified atom stereocenters. The zero-order valence-electron chi connectivity index (χ0n) is 17.2. The van der Waals surface area contributed by atoms with E-state index in [1.165, 1.54) is 24.3 Å². The topological polar surface area (TPSA) is 93.1 Å². The average Bonchev–Trinajstić information content (AvgIpc) is 2.80. The molecular formula is C24H16Cl4O6. The summed E-state index contributed by atoms with van der Waals surface area (Å²) >= 11 is 23.7. The van der Waals surface area contributed by atoms with Gasteiger partial charge in [0.1, 0.15) is 12.2 Å². The summed E-state index contributed by atoms with van der Waals surface area (Å²) in [5.74, 6) is -2.18. The number of fused-ring (bicyclic) bond motifs is 1. The van der Waals surface area contributed by atoms with Crippen molar-refractivity contribution in [3.05, 3.63) is 90.9 Å². The van der Waals surface area contributed by atoms with Crippen LogP contribution in [-0.2, 0) is 22.3 Å². The standard InChI is InChI=1S/C24H16Cl4O6/c25-15-5-13(6-16(26)21(15)29)23(31)33-19-9-11-3-1-2-4-12(11)10-20(19)34-24(32)14-7-17(27)22(30)18(28)8-14/h1-8,19-20,29-30H,9-10H2. The molecule has 0 aromatic heterocycles. The van der Waals surface area contributed by atoms with Crippen molar-refractivity contribution in [2.24, 2.45) is 0 Å².